The van der Waals surface area contributed by atoms with E-state index in [4.69, 9.17) is 0 Å². The maximum atomic E-state index is 11.5. The highest BCUT2D eigenvalue weighted by molar-refractivity contribution is 5.88. The smallest absolute Gasteiger partial charge is 0.141 e. The molecule has 0 aromatic rings. The predicted molar refractivity (Wildman–Crippen MR) is 41.8 cm³/mol. The number of rotatable bonds is 1. The van der Waals surface area contributed by atoms with Gasteiger partial charge in [-0.3, -0.25) is 4.79 Å². The summed E-state index contributed by atoms with van der Waals surface area (Å²) in [5.74, 6) is 0.852. The van der Waals surface area contributed by atoms with E-state index in [0.717, 1.165) is 19.3 Å². The molecule has 1 nitrogen and oxygen atoms in total. The molecule has 1 unspecified atom stereocenters. The van der Waals surface area contributed by atoms with Crippen LogP contribution in [0.5, 0.6) is 0 Å². The van der Waals surface area contributed by atoms with Crippen LogP contribution in [0.3, 0.4) is 0 Å². The van der Waals surface area contributed by atoms with E-state index in [-0.39, 0.29) is 5.41 Å². The summed E-state index contributed by atoms with van der Waals surface area (Å²) in [4.78, 5) is 11.5. The zero-order valence-electron chi connectivity index (χ0n) is 7.11. The lowest BCUT2D eigenvalue weighted by molar-refractivity contribution is -0.127. The molecule has 0 amide bonds. The fraction of sp³-hybridized carbons (Fsp3) is 0.889. The van der Waals surface area contributed by atoms with Crippen molar-refractivity contribution in [3.8, 4) is 0 Å². The first-order valence-corrected chi connectivity index (χ1v) is 4.12. The normalized spacial score (nSPS) is 31.1. The van der Waals surface area contributed by atoms with Crippen molar-refractivity contribution >= 4 is 5.78 Å². The van der Waals surface area contributed by atoms with Gasteiger partial charge in [0.05, 0.1) is 0 Å². The number of carbonyl (C=O) groups excluding carboxylic acids is 1. The van der Waals surface area contributed by atoms with Crippen LogP contribution in [0.15, 0.2) is 0 Å². The van der Waals surface area contributed by atoms with Crippen LogP contribution < -0.4 is 0 Å². The van der Waals surface area contributed by atoms with Crippen LogP contribution in [-0.4, -0.2) is 5.78 Å². The molecule has 0 bridgehead atoms. The summed E-state index contributed by atoms with van der Waals surface area (Å²) in [7, 11) is 0. The highest BCUT2D eigenvalue weighted by atomic mass is 16.1. The Labute approximate surface area is 62.8 Å². The minimum atomic E-state index is -0.0132. The average molecular weight is 140 g/mol. The lowest BCUT2D eigenvalue weighted by atomic mass is 9.88. The Balaban J connectivity index is 2.67. The highest BCUT2D eigenvalue weighted by Gasteiger charge is 2.38. The Morgan fingerprint density at radius 3 is 2.40 bits per heavy atom. The maximum Gasteiger partial charge on any atom is 0.141 e. The number of hydrogen-bond donors (Lipinski definition) is 0. The fourth-order valence-corrected chi connectivity index (χ4v) is 1.73. The molecule has 10 heavy (non-hydrogen) atoms. The molecular formula is C9H16O. The Bertz CT molecular complexity index is 147. The predicted octanol–water partition coefficient (Wildman–Crippen LogP) is 2.40. The molecule has 1 aliphatic carbocycles. The monoisotopic (exact) mass is 140 g/mol. The molecule has 58 valence electrons. The summed E-state index contributed by atoms with van der Waals surface area (Å²) < 4.78 is 0. The van der Waals surface area contributed by atoms with Crippen molar-refractivity contribution in [2.45, 2.75) is 40.0 Å². The van der Waals surface area contributed by atoms with Crippen molar-refractivity contribution in [1.82, 2.24) is 0 Å². The summed E-state index contributed by atoms with van der Waals surface area (Å²) in [5, 5.41) is 0. The van der Waals surface area contributed by atoms with Crippen LogP contribution in [-0.2, 0) is 4.79 Å². The third-order valence-electron chi connectivity index (χ3n) is 2.65. The van der Waals surface area contributed by atoms with E-state index in [9.17, 15) is 4.79 Å². The van der Waals surface area contributed by atoms with E-state index in [1.54, 1.807) is 0 Å². The molecule has 1 fully saturated rings. The first-order valence-electron chi connectivity index (χ1n) is 4.12. The van der Waals surface area contributed by atoms with Gasteiger partial charge < -0.3 is 0 Å². The van der Waals surface area contributed by atoms with Crippen LogP contribution in [0.2, 0.25) is 0 Å². The van der Waals surface area contributed by atoms with E-state index in [2.05, 4.69) is 20.8 Å². The molecule has 0 radical (unpaired) electrons. The van der Waals surface area contributed by atoms with E-state index < -0.39 is 0 Å². The van der Waals surface area contributed by atoms with Crippen molar-refractivity contribution in [2.75, 3.05) is 0 Å². The lowest BCUT2D eigenvalue weighted by Crippen LogP contribution is -2.20. The summed E-state index contributed by atoms with van der Waals surface area (Å²) in [6.07, 6.45) is 3.23. The molecule has 0 N–H and O–H groups in total. The quantitative estimate of drug-likeness (QED) is 0.546. The number of Topliss-reactive ketones (excluding diaryl/α,β-unsaturated/α-hetero) is 1. The SMILES string of the molecule is CCC1CCC(C)(C)C1=O. The molecule has 1 rings (SSSR count). The van der Waals surface area contributed by atoms with Gasteiger partial charge in [-0.25, -0.2) is 0 Å². The second kappa shape index (κ2) is 2.37. The molecule has 1 aliphatic rings. The Morgan fingerprint density at radius 1 is 1.60 bits per heavy atom. The third-order valence-corrected chi connectivity index (χ3v) is 2.65. The van der Waals surface area contributed by atoms with Crippen LogP contribution in [0, 0.1) is 11.3 Å². The fourth-order valence-electron chi connectivity index (χ4n) is 1.73. The number of carbonyl (C=O) groups is 1. The standard InChI is InChI=1S/C9H16O/c1-4-7-5-6-9(2,3)8(7)10/h7H,4-6H2,1-3H3. The van der Waals surface area contributed by atoms with Crippen molar-refractivity contribution < 1.29 is 4.79 Å². The van der Waals surface area contributed by atoms with Crippen molar-refractivity contribution in [3.63, 3.8) is 0 Å². The van der Waals surface area contributed by atoms with Crippen LogP contribution in [0.25, 0.3) is 0 Å². The summed E-state index contributed by atoms with van der Waals surface area (Å²) in [5.41, 5.74) is -0.0132. The van der Waals surface area contributed by atoms with Crippen molar-refractivity contribution in [3.05, 3.63) is 0 Å². The van der Waals surface area contributed by atoms with Gasteiger partial charge in [0.2, 0.25) is 0 Å². The third kappa shape index (κ3) is 1.09. The van der Waals surface area contributed by atoms with Gasteiger partial charge in [0.1, 0.15) is 5.78 Å². The molecule has 0 aromatic carbocycles. The Hall–Kier alpha value is -0.330. The molecule has 0 aliphatic heterocycles. The molecule has 1 atom stereocenters. The Kier molecular flexibility index (Phi) is 1.84. The molecule has 0 spiro atoms. The largest absolute Gasteiger partial charge is 0.299 e. The molecule has 0 aromatic heterocycles. The van der Waals surface area contributed by atoms with Crippen LogP contribution in [0.4, 0.5) is 0 Å². The molecule has 1 heteroatoms. The van der Waals surface area contributed by atoms with Gasteiger partial charge in [-0.15, -0.1) is 0 Å². The second-order valence-electron chi connectivity index (χ2n) is 3.89. The van der Waals surface area contributed by atoms with E-state index in [1.165, 1.54) is 0 Å². The van der Waals surface area contributed by atoms with Crippen LogP contribution in [0.1, 0.15) is 40.0 Å². The molecule has 1 saturated carbocycles. The van der Waals surface area contributed by atoms with Gasteiger partial charge in [-0.1, -0.05) is 20.8 Å². The number of hydrogen-bond acceptors (Lipinski definition) is 1. The van der Waals surface area contributed by atoms with Crippen LogP contribution >= 0.6 is 0 Å². The van der Waals surface area contributed by atoms with Gasteiger partial charge in [-0.2, -0.15) is 0 Å². The zero-order valence-corrected chi connectivity index (χ0v) is 7.11. The van der Waals surface area contributed by atoms with Gasteiger partial charge in [0.15, 0.2) is 0 Å². The van der Waals surface area contributed by atoms with Gasteiger partial charge in [0.25, 0.3) is 0 Å². The van der Waals surface area contributed by atoms with Crippen molar-refractivity contribution in [1.29, 1.82) is 0 Å². The first kappa shape index (κ1) is 7.77. The van der Waals surface area contributed by atoms with Crippen molar-refractivity contribution in [2.24, 2.45) is 11.3 Å². The summed E-state index contributed by atoms with van der Waals surface area (Å²) in [6.45, 7) is 6.22. The molecule has 0 saturated heterocycles. The van der Waals surface area contributed by atoms with Gasteiger partial charge >= 0.3 is 0 Å². The second-order valence-corrected chi connectivity index (χ2v) is 3.89. The lowest BCUT2D eigenvalue weighted by Gasteiger charge is -2.14. The summed E-state index contributed by atoms with van der Waals surface area (Å²) >= 11 is 0. The van der Waals surface area contributed by atoms with Gasteiger partial charge in [0, 0.05) is 11.3 Å². The van der Waals surface area contributed by atoms with E-state index >= 15 is 0 Å². The van der Waals surface area contributed by atoms with E-state index in [0.29, 0.717) is 11.7 Å². The number of ketones is 1. The Morgan fingerprint density at radius 2 is 2.20 bits per heavy atom. The first-order chi connectivity index (χ1) is 4.58. The zero-order chi connectivity index (χ0) is 7.78. The molecule has 0 heterocycles. The average Bonchev–Trinajstić information content (AvgIpc) is 2.10. The van der Waals surface area contributed by atoms with E-state index in [1.807, 2.05) is 0 Å². The summed E-state index contributed by atoms with van der Waals surface area (Å²) in [6, 6.07) is 0. The topological polar surface area (TPSA) is 17.1 Å². The minimum Gasteiger partial charge on any atom is -0.299 e. The van der Waals surface area contributed by atoms with Gasteiger partial charge in [-0.05, 0) is 19.3 Å². The minimum absolute atomic E-state index is 0.0132. The highest BCUT2D eigenvalue weighted by Crippen LogP contribution is 2.38. The molecular weight excluding hydrogens is 124 g/mol. The maximum absolute atomic E-state index is 11.5.